The van der Waals surface area contributed by atoms with E-state index >= 15 is 0 Å². The Morgan fingerprint density at radius 2 is 2.16 bits per heavy atom. The summed E-state index contributed by atoms with van der Waals surface area (Å²) in [6.45, 7) is 1.90. The molecule has 0 saturated carbocycles. The van der Waals surface area contributed by atoms with Crippen LogP contribution in [0.2, 0.25) is 0 Å². The van der Waals surface area contributed by atoms with Gasteiger partial charge in [-0.2, -0.15) is 5.26 Å². The van der Waals surface area contributed by atoms with E-state index in [1.54, 1.807) is 12.3 Å². The summed E-state index contributed by atoms with van der Waals surface area (Å²) in [5.74, 6) is 2.49. The molecule has 2 aromatic rings. The molecule has 1 aliphatic heterocycles. The average Bonchev–Trinajstić information content (AvgIpc) is 3.02. The number of H-pyrrole nitrogens is 1. The number of nitrogens with zero attached hydrogens (tertiary/aromatic N) is 4. The summed E-state index contributed by atoms with van der Waals surface area (Å²) in [5.41, 5.74) is 0.477. The second-order valence-corrected chi connectivity index (χ2v) is 4.73. The molecule has 3 heterocycles. The molecule has 0 amide bonds. The third-order valence-electron chi connectivity index (χ3n) is 3.57. The second-order valence-electron chi connectivity index (χ2n) is 4.73. The van der Waals surface area contributed by atoms with Gasteiger partial charge in [-0.25, -0.2) is 9.97 Å². The number of anilines is 1. The molecular formula is C14H15N5. The van der Waals surface area contributed by atoms with Crippen molar-refractivity contribution in [1.29, 1.82) is 5.26 Å². The SMILES string of the molecule is N#Cc1cccc(N2CCC(c3ncc[nH]3)CC2)n1. The third kappa shape index (κ3) is 2.43. The molecule has 0 bridgehead atoms. The van der Waals surface area contributed by atoms with E-state index < -0.39 is 0 Å². The number of hydrogen-bond acceptors (Lipinski definition) is 4. The molecule has 1 fully saturated rings. The molecule has 0 spiro atoms. The molecular weight excluding hydrogens is 238 g/mol. The summed E-state index contributed by atoms with van der Waals surface area (Å²) < 4.78 is 0. The van der Waals surface area contributed by atoms with Crippen molar-refractivity contribution in [2.24, 2.45) is 0 Å². The molecule has 3 rings (SSSR count). The van der Waals surface area contributed by atoms with E-state index in [9.17, 15) is 0 Å². The molecule has 1 saturated heterocycles. The fraction of sp³-hybridized carbons (Fsp3) is 0.357. The molecule has 0 unspecified atom stereocenters. The smallest absolute Gasteiger partial charge is 0.142 e. The topological polar surface area (TPSA) is 68.6 Å². The molecule has 0 aromatic carbocycles. The first kappa shape index (κ1) is 11.7. The van der Waals surface area contributed by atoms with Crippen molar-refractivity contribution >= 4 is 5.82 Å². The van der Waals surface area contributed by atoms with Gasteiger partial charge in [0.15, 0.2) is 0 Å². The van der Waals surface area contributed by atoms with Crippen LogP contribution >= 0.6 is 0 Å². The van der Waals surface area contributed by atoms with Crippen molar-refractivity contribution in [1.82, 2.24) is 15.0 Å². The number of rotatable bonds is 2. The van der Waals surface area contributed by atoms with Gasteiger partial charge in [0.25, 0.3) is 0 Å². The van der Waals surface area contributed by atoms with E-state index in [1.807, 2.05) is 18.3 Å². The normalized spacial score (nSPS) is 16.3. The maximum atomic E-state index is 8.88. The highest BCUT2D eigenvalue weighted by molar-refractivity contribution is 5.42. The Kier molecular flexibility index (Phi) is 3.15. The molecule has 0 radical (unpaired) electrons. The van der Waals surface area contributed by atoms with Crippen LogP contribution in [0.1, 0.15) is 30.3 Å². The first-order valence-corrected chi connectivity index (χ1v) is 6.48. The molecule has 96 valence electrons. The minimum absolute atomic E-state index is 0.477. The molecule has 1 N–H and O–H groups in total. The van der Waals surface area contributed by atoms with Gasteiger partial charge in [0.1, 0.15) is 23.4 Å². The fourth-order valence-corrected chi connectivity index (χ4v) is 2.54. The first-order chi connectivity index (χ1) is 9.36. The fourth-order valence-electron chi connectivity index (χ4n) is 2.54. The van der Waals surface area contributed by atoms with Crippen LogP contribution < -0.4 is 4.90 Å². The van der Waals surface area contributed by atoms with Gasteiger partial charge in [0, 0.05) is 31.4 Å². The Balaban J connectivity index is 1.68. The zero-order valence-corrected chi connectivity index (χ0v) is 10.6. The lowest BCUT2D eigenvalue weighted by Crippen LogP contribution is -2.33. The monoisotopic (exact) mass is 253 g/mol. The Labute approximate surface area is 111 Å². The predicted molar refractivity (Wildman–Crippen MR) is 71.7 cm³/mol. The summed E-state index contributed by atoms with van der Waals surface area (Å²) in [5, 5.41) is 8.88. The van der Waals surface area contributed by atoms with Crippen LogP contribution in [0.3, 0.4) is 0 Å². The van der Waals surface area contributed by atoms with Crippen LogP contribution in [0.4, 0.5) is 5.82 Å². The van der Waals surface area contributed by atoms with Crippen molar-refractivity contribution in [3.8, 4) is 6.07 Å². The minimum Gasteiger partial charge on any atom is -0.357 e. The summed E-state index contributed by atoms with van der Waals surface area (Å²) >= 11 is 0. The van der Waals surface area contributed by atoms with Crippen LogP contribution in [0.15, 0.2) is 30.6 Å². The zero-order chi connectivity index (χ0) is 13.1. The van der Waals surface area contributed by atoms with Gasteiger partial charge in [0.2, 0.25) is 0 Å². The van der Waals surface area contributed by atoms with Crippen LogP contribution in [0.25, 0.3) is 0 Å². The molecule has 19 heavy (non-hydrogen) atoms. The van der Waals surface area contributed by atoms with E-state index in [4.69, 9.17) is 5.26 Å². The third-order valence-corrected chi connectivity index (χ3v) is 3.57. The van der Waals surface area contributed by atoms with Crippen molar-refractivity contribution in [2.75, 3.05) is 18.0 Å². The quantitative estimate of drug-likeness (QED) is 0.889. The van der Waals surface area contributed by atoms with Gasteiger partial charge in [0.05, 0.1) is 0 Å². The summed E-state index contributed by atoms with van der Waals surface area (Å²) in [4.78, 5) is 14.1. The Morgan fingerprint density at radius 3 is 2.84 bits per heavy atom. The number of nitriles is 1. The van der Waals surface area contributed by atoms with Gasteiger partial charge < -0.3 is 9.88 Å². The predicted octanol–water partition coefficient (Wildman–Crippen LogP) is 2.06. The van der Waals surface area contributed by atoms with Gasteiger partial charge in [-0.15, -0.1) is 0 Å². The van der Waals surface area contributed by atoms with Gasteiger partial charge >= 0.3 is 0 Å². The Morgan fingerprint density at radius 1 is 1.32 bits per heavy atom. The Hall–Kier alpha value is -2.35. The van der Waals surface area contributed by atoms with E-state index in [0.717, 1.165) is 37.6 Å². The molecule has 5 nitrogen and oxygen atoms in total. The number of piperidine rings is 1. The maximum Gasteiger partial charge on any atom is 0.142 e. The van der Waals surface area contributed by atoms with Crippen molar-refractivity contribution in [3.05, 3.63) is 42.1 Å². The largest absolute Gasteiger partial charge is 0.357 e. The maximum absolute atomic E-state index is 8.88. The number of aromatic amines is 1. The lowest BCUT2D eigenvalue weighted by atomic mass is 9.96. The van der Waals surface area contributed by atoms with E-state index in [-0.39, 0.29) is 0 Å². The molecule has 1 aliphatic rings. The van der Waals surface area contributed by atoms with Crippen LogP contribution in [0, 0.1) is 11.3 Å². The second kappa shape index (κ2) is 5.11. The summed E-state index contributed by atoms with van der Waals surface area (Å²) in [6, 6.07) is 7.67. The number of imidazole rings is 1. The van der Waals surface area contributed by atoms with Crippen molar-refractivity contribution < 1.29 is 0 Å². The zero-order valence-electron chi connectivity index (χ0n) is 10.6. The van der Waals surface area contributed by atoms with Gasteiger partial charge in [-0.1, -0.05) is 6.07 Å². The van der Waals surface area contributed by atoms with E-state index in [1.165, 1.54) is 0 Å². The van der Waals surface area contributed by atoms with Gasteiger partial charge in [-0.3, -0.25) is 0 Å². The van der Waals surface area contributed by atoms with E-state index in [2.05, 4.69) is 25.9 Å². The standard InChI is InChI=1S/C14H15N5/c15-10-12-2-1-3-13(18-12)19-8-4-11(5-9-19)14-16-6-7-17-14/h1-3,6-7,11H,4-5,8-9H2,(H,16,17). The van der Waals surface area contributed by atoms with Gasteiger partial charge in [-0.05, 0) is 25.0 Å². The highest BCUT2D eigenvalue weighted by Gasteiger charge is 2.22. The molecule has 0 atom stereocenters. The first-order valence-electron chi connectivity index (χ1n) is 6.48. The summed E-state index contributed by atoms with van der Waals surface area (Å²) in [6.07, 6.45) is 5.80. The highest BCUT2D eigenvalue weighted by atomic mass is 15.2. The van der Waals surface area contributed by atoms with Crippen molar-refractivity contribution in [2.45, 2.75) is 18.8 Å². The lowest BCUT2D eigenvalue weighted by Gasteiger charge is -2.32. The highest BCUT2D eigenvalue weighted by Crippen LogP contribution is 2.27. The molecule has 2 aromatic heterocycles. The van der Waals surface area contributed by atoms with Crippen LogP contribution in [0.5, 0.6) is 0 Å². The lowest BCUT2D eigenvalue weighted by molar-refractivity contribution is 0.486. The Bertz CT molecular complexity index is 576. The van der Waals surface area contributed by atoms with Crippen molar-refractivity contribution in [3.63, 3.8) is 0 Å². The number of aromatic nitrogens is 3. The summed E-state index contributed by atoms with van der Waals surface area (Å²) in [7, 11) is 0. The molecule has 5 heteroatoms. The van der Waals surface area contributed by atoms with Crippen LogP contribution in [-0.2, 0) is 0 Å². The minimum atomic E-state index is 0.477. The average molecular weight is 253 g/mol. The van der Waals surface area contributed by atoms with E-state index in [0.29, 0.717) is 11.6 Å². The van der Waals surface area contributed by atoms with Crippen LogP contribution in [-0.4, -0.2) is 28.0 Å². The number of hydrogen-bond donors (Lipinski definition) is 1. The molecule has 0 aliphatic carbocycles. The number of pyridine rings is 1. The number of nitrogens with one attached hydrogen (secondary N) is 1.